The molecular formula is C20H19ClN2O2. The van der Waals surface area contributed by atoms with Crippen LogP contribution in [0.25, 0.3) is 10.9 Å². The van der Waals surface area contributed by atoms with E-state index in [9.17, 15) is 4.79 Å². The Morgan fingerprint density at radius 1 is 1.12 bits per heavy atom. The molecular weight excluding hydrogens is 336 g/mol. The highest BCUT2D eigenvalue weighted by Gasteiger charge is 2.05. The van der Waals surface area contributed by atoms with Crippen LogP contribution in [0.3, 0.4) is 0 Å². The molecule has 1 heterocycles. The third-order valence-electron chi connectivity index (χ3n) is 3.83. The molecule has 1 amide bonds. The predicted molar refractivity (Wildman–Crippen MR) is 100 cm³/mol. The van der Waals surface area contributed by atoms with Crippen LogP contribution in [0.2, 0.25) is 5.02 Å². The Kier molecular flexibility index (Phi) is 5.86. The summed E-state index contributed by atoms with van der Waals surface area (Å²) in [6.45, 7) is 0.897. The van der Waals surface area contributed by atoms with Gasteiger partial charge in [0.05, 0.1) is 18.5 Å². The van der Waals surface area contributed by atoms with Crippen LogP contribution in [0, 0.1) is 0 Å². The summed E-state index contributed by atoms with van der Waals surface area (Å²) < 4.78 is 5.52. The number of carbonyl (C=O) groups is 1. The number of halogens is 1. The minimum Gasteiger partial charge on any atom is -0.493 e. The summed E-state index contributed by atoms with van der Waals surface area (Å²) >= 11 is 5.89. The van der Waals surface area contributed by atoms with E-state index in [1.165, 1.54) is 0 Å². The van der Waals surface area contributed by atoms with Gasteiger partial charge in [-0.1, -0.05) is 41.9 Å². The SMILES string of the molecule is O=C(CCOc1cccc(Cl)c1)NCCc1cccc2cccnc12. The monoisotopic (exact) mass is 354 g/mol. The Balaban J connectivity index is 1.43. The summed E-state index contributed by atoms with van der Waals surface area (Å²) in [7, 11) is 0. The van der Waals surface area contributed by atoms with Gasteiger partial charge in [0.2, 0.25) is 5.91 Å². The van der Waals surface area contributed by atoms with Crippen molar-refractivity contribution in [3.63, 3.8) is 0 Å². The van der Waals surface area contributed by atoms with Crippen molar-refractivity contribution in [2.45, 2.75) is 12.8 Å². The maximum Gasteiger partial charge on any atom is 0.223 e. The summed E-state index contributed by atoms with van der Waals surface area (Å²) in [5, 5.41) is 4.65. The highest BCUT2D eigenvalue weighted by atomic mass is 35.5. The molecule has 1 N–H and O–H groups in total. The van der Waals surface area contributed by atoms with E-state index in [1.54, 1.807) is 18.3 Å². The number of nitrogens with one attached hydrogen (secondary N) is 1. The van der Waals surface area contributed by atoms with E-state index in [0.29, 0.717) is 30.3 Å². The van der Waals surface area contributed by atoms with E-state index in [2.05, 4.69) is 10.3 Å². The number of benzene rings is 2. The summed E-state index contributed by atoms with van der Waals surface area (Å²) in [6, 6.07) is 17.2. The largest absolute Gasteiger partial charge is 0.493 e. The molecule has 2 aromatic carbocycles. The fraction of sp³-hybridized carbons (Fsp3) is 0.200. The molecule has 4 nitrogen and oxygen atoms in total. The molecule has 25 heavy (non-hydrogen) atoms. The first-order valence-electron chi connectivity index (χ1n) is 8.20. The van der Waals surface area contributed by atoms with Crippen molar-refractivity contribution in [1.82, 2.24) is 10.3 Å². The third-order valence-corrected chi connectivity index (χ3v) is 4.06. The van der Waals surface area contributed by atoms with Crippen molar-refractivity contribution in [3.8, 4) is 5.75 Å². The van der Waals surface area contributed by atoms with Crippen LogP contribution in [0.1, 0.15) is 12.0 Å². The summed E-state index contributed by atoms with van der Waals surface area (Å²) in [5.41, 5.74) is 2.12. The molecule has 128 valence electrons. The Hall–Kier alpha value is -2.59. The average Bonchev–Trinajstić information content (AvgIpc) is 2.62. The first-order chi connectivity index (χ1) is 12.2. The molecule has 1 aromatic heterocycles. The van der Waals surface area contributed by atoms with Gasteiger partial charge in [-0.15, -0.1) is 0 Å². The molecule has 0 radical (unpaired) electrons. The zero-order valence-corrected chi connectivity index (χ0v) is 14.5. The number of carbonyl (C=O) groups excluding carboxylic acids is 1. The maximum absolute atomic E-state index is 11.9. The number of fused-ring (bicyclic) bond motifs is 1. The second-order valence-corrected chi connectivity index (χ2v) is 6.08. The molecule has 0 spiro atoms. The molecule has 0 aliphatic carbocycles. The van der Waals surface area contributed by atoms with E-state index in [0.717, 1.165) is 22.9 Å². The maximum atomic E-state index is 11.9. The summed E-state index contributed by atoms with van der Waals surface area (Å²) in [5.74, 6) is 0.636. The highest BCUT2D eigenvalue weighted by Crippen LogP contribution is 2.17. The van der Waals surface area contributed by atoms with Crippen LogP contribution in [-0.4, -0.2) is 24.0 Å². The molecule has 0 saturated heterocycles. The third kappa shape index (κ3) is 4.94. The topological polar surface area (TPSA) is 51.2 Å². The lowest BCUT2D eigenvalue weighted by molar-refractivity contribution is -0.121. The first kappa shape index (κ1) is 17.2. The van der Waals surface area contributed by atoms with Crippen molar-refractivity contribution in [3.05, 3.63) is 71.4 Å². The molecule has 3 rings (SSSR count). The van der Waals surface area contributed by atoms with Gasteiger partial charge in [-0.3, -0.25) is 9.78 Å². The van der Waals surface area contributed by atoms with E-state index < -0.39 is 0 Å². The van der Waals surface area contributed by atoms with Gasteiger partial charge >= 0.3 is 0 Å². The zero-order chi connectivity index (χ0) is 17.5. The average molecular weight is 355 g/mol. The molecule has 0 aliphatic heterocycles. The smallest absolute Gasteiger partial charge is 0.223 e. The quantitative estimate of drug-likeness (QED) is 0.697. The normalized spacial score (nSPS) is 10.6. The lowest BCUT2D eigenvalue weighted by Crippen LogP contribution is -2.27. The van der Waals surface area contributed by atoms with Gasteiger partial charge in [0.15, 0.2) is 0 Å². The lowest BCUT2D eigenvalue weighted by Gasteiger charge is -2.09. The number of hydrogen-bond acceptors (Lipinski definition) is 3. The molecule has 0 aliphatic rings. The van der Waals surface area contributed by atoms with Crippen LogP contribution >= 0.6 is 11.6 Å². The minimum absolute atomic E-state index is 0.0322. The molecule has 0 unspecified atom stereocenters. The molecule has 0 atom stereocenters. The van der Waals surface area contributed by atoms with Crippen molar-refractivity contribution >= 4 is 28.4 Å². The van der Waals surface area contributed by atoms with Gasteiger partial charge in [-0.25, -0.2) is 0 Å². The number of pyridine rings is 1. The highest BCUT2D eigenvalue weighted by molar-refractivity contribution is 6.30. The fourth-order valence-corrected chi connectivity index (χ4v) is 2.79. The van der Waals surface area contributed by atoms with Gasteiger partial charge in [-0.05, 0) is 36.2 Å². The van der Waals surface area contributed by atoms with Gasteiger partial charge in [0.25, 0.3) is 0 Å². The molecule has 0 saturated carbocycles. The van der Waals surface area contributed by atoms with Crippen molar-refractivity contribution in [2.24, 2.45) is 0 Å². The van der Waals surface area contributed by atoms with E-state index in [1.807, 2.05) is 42.5 Å². The Bertz CT molecular complexity index is 862. The van der Waals surface area contributed by atoms with Crippen molar-refractivity contribution in [1.29, 1.82) is 0 Å². The van der Waals surface area contributed by atoms with E-state index >= 15 is 0 Å². The van der Waals surface area contributed by atoms with Crippen LogP contribution in [0.4, 0.5) is 0 Å². The first-order valence-corrected chi connectivity index (χ1v) is 8.58. The second kappa shape index (κ2) is 8.49. The standard InChI is InChI=1S/C20H19ClN2O2/c21-17-7-2-8-18(14-17)25-13-10-19(24)22-12-9-16-5-1-4-15-6-3-11-23-20(15)16/h1-8,11,14H,9-10,12-13H2,(H,22,24). The van der Waals surface area contributed by atoms with Crippen molar-refractivity contribution < 1.29 is 9.53 Å². The summed E-state index contributed by atoms with van der Waals surface area (Å²) in [6.07, 6.45) is 2.84. The predicted octanol–water partition coefficient (Wildman–Crippen LogP) is 4.02. The number of hydrogen-bond donors (Lipinski definition) is 1. The van der Waals surface area contributed by atoms with E-state index in [4.69, 9.17) is 16.3 Å². The van der Waals surface area contributed by atoms with Gasteiger partial charge < -0.3 is 10.1 Å². The fourth-order valence-electron chi connectivity index (χ4n) is 2.61. The number of aromatic nitrogens is 1. The van der Waals surface area contributed by atoms with Gasteiger partial charge in [-0.2, -0.15) is 0 Å². The van der Waals surface area contributed by atoms with Crippen molar-refractivity contribution in [2.75, 3.05) is 13.2 Å². The van der Waals surface area contributed by atoms with Gasteiger partial charge in [0, 0.05) is 23.2 Å². The van der Waals surface area contributed by atoms with E-state index in [-0.39, 0.29) is 5.91 Å². The van der Waals surface area contributed by atoms with Crippen LogP contribution < -0.4 is 10.1 Å². The number of para-hydroxylation sites is 1. The Morgan fingerprint density at radius 2 is 1.96 bits per heavy atom. The Labute approximate surface area is 151 Å². The van der Waals surface area contributed by atoms with Gasteiger partial charge in [0.1, 0.15) is 5.75 Å². The number of rotatable bonds is 7. The van der Waals surface area contributed by atoms with Crippen LogP contribution in [0.5, 0.6) is 5.75 Å². The number of amides is 1. The van der Waals surface area contributed by atoms with Crippen LogP contribution in [-0.2, 0) is 11.2 Å². The lowest BCUT2D eigenvalue weighted by atomic mass is 10.1. The number of nitrogens with zero attached hydrogens (tertiary/aromatic N) is 1. The molecule has 5 heteroatoms. The second-order valence-electron chi connectivity index (χ2n) is 5.65. The number of ether oxygens (including phenoxy) is 1. The Morgan fingerprint density at radius 3 is 2.84 bits per heavy atom. The molecule has 0 fully saturated rings. The molecule has 0 bridgehead atoms. The minimum atomic E-state index is -0.0322. The summed E-state index contributed by atoms with van der Waals surface area (Å²) in [4.78, 5) is 16.3. The zero-order valence-electron chi connectivity index (χ0n) is 13.7. The van der Waals surface area contributed by atoms with Crippen LogP contribution in [0.15, 0.2) is 60.8 Å². The molecule has 3 aromatic rings.